The summed E-state index contributed by atoms with van der Waals surface area (Å²) in [6.07, 6.45) is 0. The predicted octanol–water partition coefficient (Wildman–Crippen LogP) is 2.07. The van der Waals surface area contributed by atoms with Crippen molar-refractivity contribution in [3.63, 3.8) is 0 Å². The Bertz CT molecular complexity index is 744. The molecule has 1 aromatic heterocycles. The molecule has 1 aromatic carbocycles. The van der Waals surface area contributed by atoms with Crippen LogP contribution >= 0.6 is 0 Å². The standard InChI is InChI=1S/C16H20F2N4O2/c1-10-14(15(23)19-9-16(2,3)24-4)20-21-22(10)8-11-5-6-12(17)7-13(11)18/h5-7H,8-9H2,1-4H3,(H,19,23). The lowest BCUT2D eigenvalue weighted by atomic mass is 10.1. The molecular formula is C16H20F2N4O2. The molecule has 0 radical (unpaired) electrons. The third-order valence-corrected chi connectivity index (χ3v) is 3.76. The van der Waals surface area contributed by atoms with E-state index in [1.807, 2.05) is 13.8 Å². The summed E-state index contributed by atoms with van der Waals surface area (Å²) in [5, 5.41) is 10.4. The number of benzene rings is 1. The van der Waals surface area contributed by atoms with Crippen LogP contribution in [-0.2, 0) is 11.3 Å². The van der Waals surface area contributed by atoms with Crippen LogP contribution in [0, 0.1) is 18.6 Å². The Balaban J connectivity index is 2.12. The molecule has 0 aliphatic heterocycles. The minimum atomic E-state index is -0.669. The summed E-state index contributed by atoms with van der Waals surface area (Å²) in [4.78, 5) is 12.2. The van der Waals surface area contributed by atoms with Crippen molar-refractivity contribution >= 4 is 5.91 Å². The number of hydrogen-bond acceptors (Lipinski definition) is 4. The van der Waals surface area contributed by atoms with Crippen molar-refractivity contribution in [1.29, 1.82) is 0 Å². The monoisotopic (exact) mass is 338 g/mol. The molecule has 2 rings (SSSR count). The number of amides is 1. The van der Waals surface area contributed by atoms with Gasteiger partial charge in [-0.15, -0.1) is 5.10 Å². The first kappa shape index (κ1) is 18.0. The number of carbonyl (C=O) groups is 1. The van der Waals surface area contributed by atoms with Crippen molar-refractivity contribution in [3.8, 4) is 0 Å². The maximum Gasteiger partial charge on any atom is 0.273 e. The van der Waals surface area contributed by atoms with E-state index in [1.54, 1.807) is 14.0 Å². The largest absolute Gasteiger partial charge is 0.377 e. The number of aromatic nitrogens is 3. The summed E-state index contributed by atoms with van der Waals surface area (Å²) < 4.78 is 33.3. The van der Waals surface area contributed by atoms with Crippen molar-refractivity contribution in [2.24, 2.45) is 0 Å². The van der Waals surface area contributed by atoms with Gasteiger partial charge in [-0.05, 0) is 26.8 Å². The molecule has 1 N–H and O–H groups in total. The fourth-order valence-corrected chi connectivity index (χ4v) is 1.98. The summed E-state index contributed by atoms with van der Waals surface area (Å²) in [5.41, 5.74) is 0.407. The average Bonchev–Trinajstić information content (AvgIpc) is 2.89. The smallest absolute Gasteiger partial charge is 0.273 e. The third kappa shape index (κ3) is 4.14. The summed E-state index contributed by atoms with van der Waals surface area (Å²) >= 11 is 0. The van der Waals surface area contributed by atoms with Gasteiger partial charge in [0.25, 0.3) is 5.91 Å². The molecule has 0 bridgehead atoms. The highest BCUT2D eigenvalue weighted by molar-refractivity contribution is 5.93. The predicted molar refractivity (Wildman–Crippen MR) is 83.6 cm³/mol. The highest BCUT2D eigenvalue weighted by Gasteiger charge is 2.21. The Labute approximate surface area is 138 Å². The molecule has 0 saturated heterocycles. The van der Waals surface area contributed by atoms with Crippen LogP contribution in [0.3, 0.4) is 0 Å². The molecule has 8 heteroatoms. The fraction of sp³-hybridized carbons (Fsp3) is 0.438. The number of ether oxygens (including phenoxy) is 1. The molecule has 0 spiro atoms. The fourth-order valence-electron chi connectivity index (χ4n) is 1.98. The van der Waals surface area contributed by atoms with Crippen LogP contribution in [0.2, 0.25) is 0 Å². The van der Waals surface area contributed by atoms with Crippen LogP contribution in [0.15, 0.2) is 18.2 Å². The summed E-state index contributed by atoms with van der Waals surface area (Å²) in [6.45, 7) is 5.71. The lowest BCUT2D eigenvalue weighted by molar-refractivity contribution is 0.0228. The number of halogens is 2. The molecule has 0 unspecified atom stereocenters. The van der Waals surface area contributed by atoms with Crippen LogP contribution in [0.5, 0.6) is 0 Å². The Morgan fingerprint density at radius 2 is 2.08 bits per heavy atom. The Hall–Kier alpha value is -2.35. The Morgan fingerprint density at radius 3 is 2.71 bits per heavy atom. The van der Waals surface area contributed by atoms with Gasteiger partial charge in [-0.25, -0.2) is 13.5 Å². The molecule has 2 aromatic rings. The quantitative estimate of drug-likeness (QED) is 0.875. The minimum absolute atomic E-state index is 0.0573. The van der Waals surface area contributed by atoms with Gasteiger partial charge in [0.1, 0.15) is 11.6 Å². The zero-order valence-corrected chi connectivity index (χ0v) is 14.1. The molecule has 24 heavy (non-hydrogen) atoms. The second kappa shape index (κ2) is 7.04. The van der Waals surface area contributed by atoms with Gasteiger partial charge in [-0.3, -0.25) is 4.79 Å². The highest BCUT2D eigenvalue weighted by Crippen LogP contribution is 2.13. The van der Waals surface area contributed by atoms with Gasteiger partial charge in [0, 0.05) is 25.3 Å². The van der Waals surface area contributed by atoms with Crippen molar-refractivity contribution in [1.82, 2.24) is 20.3 Å². The first-order chi connectivity index (χ1) is 11.2. The van der Waals surface area contributed by atoms with Gasteiger partial charge >= 0.3 is 0 Å². The Morgan fingerprint density at radius 1 is 1.38 bits per heavy atom. The van der Waals surface area contributed by atoms with E-state index in [9.17, 15) is 13.6 Å². The Kier molecular flexibility index (Phi) is 5.28. The first-order valence-corrected chi connectivity index (χ1v) is 7.41. The lowest BCUT2D eigenvalue weighted by Crippen LogP contribution is -2.40. The van der Waals surface area contributed by atoms with E-state index in [0.717, 1.165) is 6.07 Å². The second-order valence-electron chi connectivity index (χ2n) is 6.06. The number of nitrogens with zero attached hydrogens (tertiary/aromatic N) is 3. The van der Waals surface area contributed by atoms with Crippen molar-refractivity contribution < 1.29 is 18.3 Å². The van der Waals surface area contributed by atoms with E-state index in [2.05, 4.69) is 15.6 Å². The van der Waals surface area contributed by atoms with E-state index in [-0.39, 0.29) is 23.7 Å². The summed E-state index contributed by atoms with van der Waals surface area (Å²) in [6, 6.07) is 3.32. The number of carbonyl (C=O) groups excluding carboxylic acids is 1. The molecule has 130 valence electrons. The van der Waals surface area contributed by atoms with E-state index >= 15 is 0 Å². The molecule has 0 aliphatic rings. The van der Waals surface area contributed by atoms with Gasteiger partial charge < -0.3 is 10.1 Å². The maximum atomic E-state index is 13.7. The third-order valence-electron chi connectivity index (χ3n) is 3.76. The van der Waals surface area contributed by atoms with Gasteiger partial charge in [-0.1, -0.05) is 11.3 Å². The molecule has 0 atom stereocenters. The SMILES string of the molecule is COC(C)(C)CNC(=O)c1nnn(Cc2ccc(F)cc2F)c1C. The molecule has 1 amide bonds. The van der Waals surface area contributed by atoms with Crippen molar-refractivity contribution in [2.75, 3.05) is 13.7 Å². The lowest BCUT2D eigenvalue weighted by Gasteiger charge is -2.22. The topological polar surface area (TPSA) is 69.0 Å². The number of methoxy groups -OCH3 is 1. The van der Waals surface area contributed by atoms with Crippen LogP contribution < -0.4 is 5.32 Å². The molecule has 6 nitrogen and oxygen atoms in total. The van der Waals surface area contributed by atoms with Crippen LogP contribution in [0.25, 0.3) is 0 Å². The van der Waals surface area contributed by atoms with Gasteiger partial charge in [-0.2, -0.15) is 0 Å². The van der Waals surface area contributed by atoms with Crippen molar-refractivity contribution in [3.05, 3.63) is 46.8 Å². The maximum absolute atomic E-state index is 13.7. The molecule has 0 aliphatic carbocycles. The minimum Gasteiger partial charge on any atom is -0.377 e. The highest BCUT2D eigenvalue weighted by atomic mass is 19.1. The van der Waals surface area contributed by atoms with E-state index in [4.69, 9.17) is 4.74 Å². The number of hydrogen-bond donors (Lipinski definition) is 1. The zero-order chi connectivity index (χ0) is 17.9. The van der Waals surface area contributed by atoms with Gasteiger partial charge in [0.05, 0.1) is 17.8 Å². The van der Waals surface area contributed by atoms with Crippen LogP contribution in [0.1, 0.15) is 35.6 Å². The van der Waals surface area contributed by atoms with Crippen molar-refractivity contribution in [2.45, 2.75) is 32.9 Å². The zero-order valence-electron chi connectivity index (χ0n) is 14.1. The molecule has 0 fully saturated rings. The van der Waals surface area contributed by atoms with Gasteiger partial charge in [0.2, 0.25) is 0 Å². The molecule has 1 heterocycles. The second-order valence-corrected chi connectivity index (χ2v) is 6.06. The number of nitrogens with one attached hydrogen (secondary N) is 1. The van der Waals surface area contributed by atoms with E-state index < -0.39 is 17.2 Å². The van der Waals surface area contributed by atoms with Crippen LogP contribution in [0.4, 0.5) is 8.78 Å². The molecular weight excluding hydrogens is 318 g/mol. The van der Waals surface area contributed by atoms with E-state index in [1.165, 1.54) is 16.8 Å². The normalized spacial score (nSPS) is 11.6. The first-order valence-electron chi connectivity index (χ1n) is 7.41. The molecule has 0 saturated carbocycles. The van der Waals surface area contributed by atoms with Crippen LogP contribution in [-0.4, -0.2) is 40.2 Å². The van der Waals surface area contributed by atoms with Gasteiger partial charge in [0.15, 0.2) is 5.69 Å². The van der Waals surface area contributed by atoms with E-state index in [0.29, 0.717) is 12.2 Å². The summed E-state index contributed by atoms with van der Waals surface area (Å²) in [5.74, 6) is -1.70. The average molecular weight is 338 g/mol. The summed E-state index contributed by atoms with van der Waals surface area (Å²) in [7, 11) is 1.56. The number of rotatable bonds is 6.